The van der Waals surface area contributed by atoms with E-state index in [-0.39, 0.29) is 22.2 Å². The Balaban J connectivity index is 1.23. The third-order valence-corrected chi connectivity index (χ3v) is 6.89. The average Bonchev–Trinajstić information content (AvgIpc) is 3.51. The smallest absolute Gasteiger partial charge is 0.292 e. The van der Waals surface area contributed by atoms with Gasteiger partial charge in [-0.25, -0.2) is 0 Å². The molecule has 0 N–H and O–H groups in total. The monoisotopic (exact) mass is 505 g/mol. The van der Waals surface area contributed by atoms with E-state index in [1.54, 1.807) is 48.5 Å². The Bertz CT molecular complexity index is 1410. The van der Waals surface area contributed by atoms with Gasteiger partial charge in [-0.3, -0.25) is 25.0 Å². The van der Waals surface area contributed by atoms with E-state index in [9.17, 15) is 25.0 Å². The molecule has 0 saturated carbocycles. The summed E-state index contributed by atoms with van der Waals surface area (Å²) in [6.07, 6.45) is 1.63. The quantitative estimate of drug-likeness (QED) is 0.278. The van der Waals surface area contributed by atoms with Crippen LogP contribution in [0.3, 0.4) is 0 Å². The van der Waals surface area contributed by atoms with Crippen molar-refractivity contribution in [3.05, 3.63) is 91.6 Å². The van der Waals surface area contributed by atoms with Crippen LogP contribution in [0.4, 0.5) is 17.1 Å². The molecule has 12 heteroatoms. The largest absolute Gasteiger partial charge is 0.457 e. The Morgan fingerprint density at radius 1 is 0.889 bits per heavy atom. The lowest BCUT2D eigenvalue weighted by atomic mass is 10.1. The zero-order valence-electron chi connectivity index (χ0n) is 18.8. The second kappa shape index (κ2) is 9.66. The average molecular weight is 506 g/mol. The molecule has 0 spiro atoms. The van der Waals surface area contributed by atoms with Gasteiger partial charge in [-0.2, -0.15) is 4.99 Å². The Morgan fingerprint density at radius 3 is 2.28 bits per heavy atom. The lowest BCUT2D eigenvalue weighted by Gasteiger charge is -2.36. The topological polar surface area (TPSA) is 135 Å². The Labute approximate surface area is 209 Å². The van der Waals surface area contributed by atoms with Crippen LogP contribution in [0.1, 0.15) is 5.76 Å². The molecule has 11 nitrogen and oxygen atoms in total. The maximum absolute atomic E-state index is 12.5. The van der Waals surface area contributed by atoms with Crippen LogP contribution < -0.4 is 4.90 Å². The van der Waals surface area contributed by atoms with Crippen LogP contribution in [0.5, 0.6) is 0 Å². The molecule has 3 heterocycles. The third kappa shape index (κ3) is 4.70. The van der Waals surface area contributed by atoms with Gasteiger partial charge in [-0.05, 0) is 42.1 Å². The van der Waals surface area contributed by atoms with Gasteiger partial charge in [0.2, 0.25) is 0 Å². The minimum absolute atomic E-state index is 0.00639. The summed E-state index contributed by atoms with van der Waals surface area (Å²) < 4.78 is 5.82. The lowest BCUT2D eigenvalue weighted by molar-refractivity contribution is -0.384. The number of nitrogens with zero attached hydrogens (tertiary/aromatic N) is 5. The molecule has 2 aromatic carbocycles. The molecule has 0 radical (unpaired) electrons. The molecule has 1 saturated heterocycles. The van der Waals surface area contributed by atoms with Gasteiger partial charge in [0.25, 0.3) is 17.3 Å². The van der Waals surface area contributed by atoms with Crippen LogP contribution in [0, 0.1) is 20.2 Å². The molecular formula is C24H19N5O6S. The van der Waals surface area contributed by atoms with Crippen LogP contribution in [0.25, 0.3) is 17.4 Å². The Kier molecular flexibility index (Phi) is 6.25. The van der Waals surface area contributed by atoms with Crippen molar-refractivity contribution in [2.24, 2.45) is 4.99 Å². The van der Waals surface area contributed by atoms with Gasteiger partial charge in [-0.1, -0.05) is 12.1 Å². The summed E-state index contributed by atoms with van der Waals surface area (Å²) in [4.78, 5) is 42.4. The van der Waals surface area contributed by atoms with Crippen molar-refractivity contribution in [3.63, 3.8) is 0 Å². The zero-order valence-corrected chi connectivity index (χ0v) is 19.6. The van der Waals surface area contributed by atoms with Crippen molar-refractivity contribution in [1.82, 2.24) is 4.90 Å². The second-order valence-corrected chi connectivity index (χ2v) is 9.05. The first kappa shape index (κ1) is 23.3. The number of nitro groups is 2. The summed E-state index contributed by atoms with van der Waals surface area (Å²) in [6, 6.07) is 16.2. The van der Waals surface area contributed by atoms with Gasteiger partial charge in [0.15, 0.2) is 5.17 Å². The zero-order chi connectivity index (χ0) is 25.2. The fourth-order valence-corrected chi connectivity index (χ4v) is 4.96. The number of benzene rings is 2. The van der Waals surface area contributed by atoms with E-state index in [0.717, 1.165) is 0 Å². The first-order valence-corrected chi connectivity index (χ1v) is 11.8. The number of furan rings is 1. The number of hydrogen-bond acceptors (Lipinski definition) is 9. The maximum Gasteiger partial charge on any atom is 0.292 e. The molecule has 3 aromatic rings. The van der Waals surface area contributed by atoms with Gasteiger partial charge in [0.05, 0.1) is 14.8 Å². The molecule has 0 unspecified atom stereocenters. The summed E-state index contributed by atoms with van der Waals surface area (Å²) in [5.74, 6) is 0.640. The summed E-state index contributed by atoms with van der Waals surface area (Å²) in [7, 11) is 0. The van der Waals surface area contributed by atoms with Crippen molar-refractivity contribution < 1.29 is 19.1 Å². The fraction of sp³-hybridized carbons (Fsp3) is 0.167. The number of carbonyl (C=O) groups is 1. The molecule has 2 aliphatic rings. The van der Waals surface area contributed by atoms with Gasteiger partial charge in [-0.15, -0.1) is 0 Å². The van der Waals surface area contributed by atoms with Crippen LogP contribution in [-0.2, 0) is 4.79 Å². The predicted molar refractivity (Wildman–Crippen MR) is 136 cm³/mol. The lowest BCUT2D eigenvalue weighted by Crippen LogP contribution is -2.48. The van der Waals surface area contributed by atoms with Gasteiger partial charge >= 0.3 is 0 Å². The third-order valence-electron chi connectivity index (χ3n) is 5.84. The number of rotatable bonds is 5. The highest BCUT2D eigenvalue weighted by atomic mass is 32.2. The van der Waals surface area contributed by atoms with E-state index >= 15 is 0 Å². The van der Waals surface area contributed by atoms with Crippen LogP contribution in [0.2, 0.25) is 0 Å². The molecule has 2 aliphatic heterocycles. The van der Waals surface area contributed by atoms with E-state index in [2.05, 4.69) is 4.99 Å². The first-order chi connectivity index (χ1) is 17.4. The minimum Gasteiger partial charge on any atom is -0.457 e. The first-order valence-electron chi connectivity index (χ1n) is 11.0. The molecule has 0 aliphatic carbocycles. The number of anilines is 1. The van der Waals surface area contributed by atoms with Gasteiger partial charge < -0.3 is 14.2 Å². The van der Waals surface area contributed by atoms with Gasteiger partial charge in [0, 0.05) is 56.0 Å². The molecule has 182 valence electrons. The molecule has 5 rings (SSSR count). The summed E-state index contributed by atoms with van der Waals surface area (Å²) >= 11 is 1.26. The summed E-state index contributed by atoms with van der Waals surface area (Å²) in [5.41, 5.74) is 1.34. The maximum atomic E-state index is 12.5. The van der Waals surface area contributed by atoms with Crippen molar-refractivity contribution in [2.75, 3.05) is 31.1 Å². The van der Waals surface area contributed by atoms with Gasteiger partial charge in [0.1, 0.15) is 17.2 Å². The molecule has 1 fully saturated rings. The number of carbonyl (C=O) groups excluding carboxylic acids is 1. The number of amidine groups is 1. The number of aliphatic imine (C=N–C) groups is 1. The molecule has 1 aromatic heterocycles. The number of nitro benzene ring substituents is 2. The standard InChI is InChI=1S/C24H19N5O6S/c30-23-22(15-18-9-10-21(35-18)16-5-7-17(8-6-16)28(31)32)36-24(25-23)27-13-11-26(12-14-27)19-3-1-2-4-20(19)29(33)34/h1-10,15H,11-14H2. The van der Waals surface area contributed by atoms with Crippen LogP contribution in [-0.4, -0.2) is 52.0 Å². The molecule has 36 heavy (non-hydrogen) atoms. The number of non-ortho nitro benzene ring substituents is 1. The number of para-hydroxylation sites is 2. The normalized spacial score (nSPS) is 16.9. The van der Waals surface area contributed by atoms with E-state index in [0.29, 0.717) is 59.0 Å². The number of amides is 1. The van der Waals surface area contributed by atoms with E-state index < -0.39 is 4.92 Å². The summed E-state index contributed by atoms with van der Waals surface area (Å²) in [5, 5.41) is 22.8. The minimum atomic E-state index is -0.465. The second-order valence-electron chi connectivity index (χ2n) is 8.04. The van der Waals surface area contributed by atoms with Crippen molar-refractivity contribution in [2.45, 2.75) is 0 Å². The number of piperazine rings is 1. The summed E-state index contributed by atoms with van der Waals surface area (Å²) in [6.45, 7) is 2.27. The van der Waals surface area contributed by atoms with Crippen molar-refractivity contribution in [3.8, 4) is 11.3 Å². The highest BCUT2D eigenvalue weighted by molar-refractivity contribution is 8.18. The van der Waals surface area contributed by atoms with E-state index in [1.807, 2.05) is 9.80 Å². The van der Waals surface area contributed by atoms with E-state index in [1.165, 1.54) is 30.0 Å². The number of thioether (sulfide) groups is 1. The Hall–Kier alpha value is -4.45. The van der Waals surface area contributed by atoms with Crippen molar-refractivity contribution in [1.29, 1.82) is 0 Å². The van der Waals surface area contributed by atoms with Crippen LogP contribution in [0.15, 0.2) is 75.0 Å². The Morgan fingerprint density at radius 2 is 1.58 bits per heavy atom. The highest BCUT2D eigenvalue weighted by Crippen LogP contribution is 2.34. The molecule has 1 amide bonds. The van der Waals surface area contributed by atoms with Crippen LogP contribution >= 0.6 is 11.8 Å². The molecule has 0 atom stereocenters. The highest BCUT2D eigenvalue weighted by Gasteiger charge is 2.30. The SMILES string of the molecule is O=C1N=C(N2CCN(c3ccccc3[N+](=O)[O-])CC2)SC1=Cc1ccc(-c2ccc([N+](=O)[O-])cc2)o1. The number of hydrogen-bond donors (Lipinski definition) is 0. The molecule has 0 bridgehead atoms. The molecular weight excluding hydrogens is 486 g/mol. The predicted octanol–water partition coefficient (Wildman–Crippen LogP) is 4.56. The fourth-order valence-electron chi connectivity index (χ4n) is 4.02. The van der Waals surface area contributed by atoms with E-state index in [4.69, 9.17) is 4.42 Å². The van der Waals surface area contributed by atoms with Crippen molar-refractivity contribution >= 4 is 46.0 Å².